The van der Waals surface area contributed by atoms with Crippen molar-refractivity contribution in [3.63, 3.8) is 0 Å². The van der Waals surface area contributed by atoms with Crippen LogP contribution in [-0.2, 0) is 19.2 Å². The Balaban J connectivity index is 1.14. The number of nitrogens with one attached hydrogen (secondary N) is 3. The van der Waals surface area contributed by atoms with Crippen molar-refractivity contribution in [3.8, 4) is 6.07 Å². The lowest BCUT2D eigenvalue weighted by Crippen LogP contribution is -2.61. The Morgan fingerprint density at radius 2 is 1.81 bits per heavy atom. The lowest BCUT2D eigenvalue weighted by atomic mass is 9.80. The lowest BCUT2D eigenvalue weighted by Gasteiger charge is -2.41. The van der Waals surface area contributed by atoms with Gasteiger partial charge in [-0.25, -0.2) is 0 Å². The highest BCUT2D eigenvalue weighted by molar-refractivity contribution is 5.96. The van der Waals surface area contributed by atoms with Crippen LogP contribution in [0.1, 0.15) is 91.4 Å². The van der Waals surface area contributed by atoms with E-state index < -0.39 is 48.0 Å². The number of unbranched alkanes of at least 4 members (excludes halogenated alkanes) is 1. The molecule has 2 saturated heterocycles. The molecule has 6 fully saturated rings. The molecule has 3 N–H and O–H groups in total. The molecule has 6 atom stereocenters. The third-order valence-corrected chi connectivity index (χ3v) is 12.0. The number of alkyl halides is 3. The maximum atomic E-state index is 14.1. The summed E-state index contributed by atoms with van der Waals surface area (Å²) in [6, 6.07) is -0.403. The van der Waals surface area contributed by atoms with Crippen molar-refractivity contribution in [1.82, 2.24) is 20.9 Å². The van der Waals surface area contributed by atoms with Crippen LogP contribution in [0.15, 0.2) is 0 Å². The number of nitriles is 1. The molecule has 9 nitrogen and oxygen atoms in total. The van der Waals surface area contributed by atoms with Gasteiger partial charge < -0.3 is 20.9 Å². The average molecular weight is 592 g/mol. The Bertz CT molecular complexity index is 1270. The molecule has 230 valence electrons. The lowest BCUT2D eigenvalue weighted by molar-refractivity contribution is -0.148. The number of hydrogen-bond donors (Lipinski definition) is 3. The molecule has 0 aromatic rings. The molecule has 4 saturated carbocycles. The number of carbonyl (C=O) groups excluding carboxylic acids is 4. The average Bonchev–Trinajstić information content (AvgIpc) is 3.87. The normalized spacial score (nSPS) is 34.8. The van der Waals surface area contributed by atoms with Gasteiger partial charge in [-0.3, -0.25) is 19.2 Å². The van der Waals surface area contributed by atoms with Crippen molar-refractivity contribution in [2.75, 3.05) is 6.54 Å². The fraction of sp³-hybridized carbons (Fsp3) is 0.833. The third-order valence-electron chi connectivity index (χ3n) is 12.0. The van der Waals surface area contributed by atoms with Gasteiger partial charge in [-0.15, -0.1) is 0 Å². The summed E-state index contributed by atoms with van der Waals surface area (Å²) >= 11 is 0. The number of amides is 4. The van der Waals surface area contributed by atoms with Gasteiger partial charge in [-0.05, 0) is 68.6 Å². The standard InChI is InChI=1S/C30H40F3N5O4/c1-25(2)28-15-29(25,28)21(23(41)35-18(14-34)12-17-13-27(10-11-27)37-22(17)40)38(16-28)24(42)20(26(3)8-9-26)36-19(39)6-4-5-7-30(31,32)33/h17-18,20-21H,4-13,15-16H2,1-3H3,(H,35,41)(H,36,39)(H,37,40)/t17-,18+,20-,21-,28?,29?/m1/s1. The molecule has 6 aliphatic rings. The summed E-state index contributed by atoms with van der Waals surface area (Å²) in [6.07, 6.45) is -0.467. The first-order valence-corrected chi connectivity index (χ1v) is 15.2. The highest BCUT2D eigenvalue weighted by Crippen LogP contribution is 3.00. The third kappa shape index (κ3) is 4.39. The molecule has 0 radical (unpaired) electrons. The Morgan fingerprint density at radius 3 is 2.36 bits per heavy atom. The van der Waals surface area contributed by atoms with Gasteiger partial charge >= 0.3 is 6.18 Å². The SMILES string of the molecule is CC1([C@H](NC(=O)CCCCC(F)(F)F)C(=O)N2CC34CC3([C@H]2C(=O)N[C@H](C#N)C[C@@H]2CC3(CC3)NC2=O)C4(C)C)CC1. The summed E-state index contributed by atoms with van der Waals surface area (Å²) in [4.78, 5) is 54.8. The van der Waals surface area contributed by atoms with E-state index in [1.807, 2.05) is 6.92 Å². The molecule has 1 spiro atoms. The van der Waals surface area contributed by atoms with Crippen LogP contribution in [0.25, 0.3) is 0 Å². The fourth-order valence-electron chi connectivity index (χ4n) is 8.63. The Morgan fingerprint density at radius 1 is 1.12 bits per heavy atom. The number of likely N-dealkylation sites (tertiary alicyclic amines) is 1. The molecule has 4 amide bonds. The van der Waals surface area contributed by atoms with Gasteiger partial charge in [-0.2, -0.15) is 18.4 Å². The second kappa shape index (κ2) is 9.08. The van der Waals surface area contributed by atoms with Gasteiger partial charge in [0.05, 0.1) is 6.07 Å². The van der Waals surface area contributed by atoms with E-state index in [0.717, 1.165) is 19.3 Å². The zero-order chi connectivity index (χ0) is 30.5. The first-order valence-electron chi connectivity index (χ1n) is 15.2. The predicted molar refractivity (Wildman–Crippen MR) is 143 cm³/mol. The van der Waals surface area contributed by atoms with E-state index in [-0.39, 0.29) is 65.2 Å². The predicted octanol–water partition coefficient (Wildman–Crippen LogP) is 3.09. The molecule has 2 aliphatic heterocycles. The Kier molecular flexibility index (Phi) is 6.32. The van der Waals surface area contributed by atoms with Crippen LogP contribution in [0.2, 0.25) is 0 Å². The van der Waals surface area contributed by atoms with Crippen LogP contribution in [0.3, 0.4) is 0 Å². The molecular weight excluding hydrogens is 551 g/mol. The largest absolute Gasteiger partial charge is 0.389 e. The van der Waals surface area contributed by atoms with Gasteiger partial charge in [0.15, 0.2) is 0 Å². The maximum absolute atomic E-state index is 14.1. The molecule has 0 bridgehead atoms. The van der Waals surface area contributed by atoms with Crippen molar-refractivity contribution in [2.24, 2.45) is 27.6 Å². The zero-order valence-electron chi connectivity index (χ0n) is 24.5. The first-order chi connectivity index (χ1) is 19.5. The number of halogens is 3. The molecule has 4 aliphatic carbocycles. The van der Waals surface area contributed by atoms with Gasteiger partial charge in [0.2, 0.25) is 23.6 Å². The topological polar surface area (TPSA) is 131 Å². The molecule has 0 aromatic carbocycles. The minimum atomic E-state index is -4.27. The summed E-state index contributed by atoms with van der Waals surface area (Å²) in [5.41, 5.74) is -1.34. The second-order valence-electron chi connectivity index (χ2n) is 14.8. The summed E-state index contributed by atoms with van der Waals surface area (Å²) in [6.45, 7) is 6.48. The molecular formula is C30H40F3N5O4. The van der Waals surface area contributed by atoms with Crippen LogP contribution in [0, 0.1) is 38.9 Å². The minimum Gasteiger partial charge on any atom is -0.350 e. The van der Waals surface area contributed by atoms with Crippen LogP contribution in [-0.4, -0.2) is 64.9 Å². The highest BCUT2D eigenvalue weighted by atomic mass is 19.4. The minimum absolute atomic E-state index is 0.0633. The Hall–Kier alpha value is -2.84. The highest BCUT2D eigenvalue weighted by Gasteiger charge is 3.02. The Labute approximate surface area is 243 Å². The van der Waals surface area contributed by atoms with Gasteiger partial charge in [0.25, 0.3) is 0 Å². The molecule has 12 heteroatoms. The van der Waals surface area contributed by atoms with E-state index in [1.54, 1.807) is 4.90 Å². The summed E-state index contributed by atoms with van der Waals surface area (Å²) in [7, 11) is 0. The van der Waals surface area contributed by atoms with Crippen molar-refractivity contribution >= 4 is 23.6 Å². The summed E-state index contributed by atoms with van der Waals surface area (Å²) in [5, 5.41) is 18.6. The van der Waals surface area contributed by atoms with Crippen LogP contribution in [0.5, 0.6) is 0 Å². The van der Waals surface area contributed by atoms with Crippen molar-refractivity contribution < 1.29 is 32.3 Å². The van der Waals surface area contributed by atoms with Crippen molar-refractivity contribution in [1.29, 1.82) is 5.26 Å². The second-order valence-corrected chi connectivity index (χ2v) is 14.8. The van der Waals surface area contributed by atoms with Crippen molar-refractivity contribution in [3.05, 3.63) is 0 Å². The van der Waals surface area contributed by atoms with E-state index in [9.17, 15) is 37.6 Å². The number of rotatable bonds is 11. The van der Waals surface area contributed by atoms with Crippen LogP contribution < -0.4 is 16.0 Å². The smallest absolute Gasteiger partial charge is 0.350 e. The summed E-state index contributed by atoms with van der Waals surface area (Å²) < 4.78 is 37.5. The van der Waals surface area contributed by atoms with Gasteiger partial charge in [-0.1, -0.05) is 20.8 Å². The molecule has 6 rings (SSSR count). The number of hydrogen-bond acceptors (Lipinski definition) is 5. The van der Waals surface area contributed by atoms with E-state index in [0.29, 0.717) is 25.8 Å². The number of carbonyl (C=O) groups is 4. The fourth-order valence-corrected chi connectivity index (χ4v) is 8.63. The number of nitrogens with zero attached hydrogens (tertiary/aromatic N) is 2. The van der Waals surface area contributed by atoms with Crippen LogP contribution >= 0.6 is 0 Å². The molecule has 0 aromatic heterocycles. The first kappa shape index (κ1) is 29.2. The van der Waals surface area contributed by atoms with Gasteiger partial charge in [0.1, 0.15) is 18.1 Å². The van der Waals surface area contributed by atoms with Crippen LogP contribution in [0.4, 0.5) is 13.2 Å². The quantitative estimate of drug-likeness (QED) is 0.318. The monoisotopic (exact) mass is 591 g/mol. The van der Waals surface area contributed by atoms with Crippen molar-refractivity contribution in [2.45, 2.75) is 121 Å². The number of piperidine rings is 2. The summed E-state index contributed by atoms with van der Waals surface area (Å²) in [5.74, 6) is -1.65. The maximum Gasteiger partial charge on any atom is 0.389 e. The van der Waals surface area contributed by atoms with E-state index >= 15 is 0 Å². The van der Waals surface area contributed by atoms with E-state index in [4.69, 9.17) is 0 Å². The van der Waals surface area contributed by atoms with E-state index in [2.05, 4.69) is 35.9 Å². The molecule has 42 heavy (non-hydrogen) atoms. The molecule has 2 unspecified atom stereocenters. The zero-order valence-corrected chi connectivity index (χ0v) is 24.5. The van der Waals surface area contributed by atoms with Gasteiger partial charge in [0, 0.05) is 41.7 Å². The molecule has 2 heterocycles. The van der Waals surface area contributed by atoms with E-state index in [1.165, 1.54) is 0 Å².